The van der Waals surface area contributed by atoms with Gasteiger partial charge in [-0.25, -0.2) is 0 Å². The van der Waals surface area contributed by atoms with Crippen LogP contribution in [0.4, 0.5) is 0 Å². The molecule has 1 fully saturated rings. The molecule has 0 bridgehead atoms. The van der Waals surface area contributed by atoms with Gasteiger partial charge in [0.15, 0.2) is 0 Å². The Morgan fingerprint density at radius 2 is 2.30 bits per heavy atom. The van der Waals surface area contributed by atoms with E-state index in [9.17, 15) is 4.79 Å². The monoisotopic (exact) mass is 142 g/mol. The van der Waals surface area contributed by atoms with Crippen LogP contribution in [0.5, 0.6) is 0 Å². The molecule has 0 aromatic rings. The van der Waals surface area contributed by atoms with Crippen LogP contribution >= 0.6 is 0 Å². The zero-order chi connectivity index (χ0) is 7.78. The van der Waals surface area contributed by atoms with E-state index in [4.69, 9.17) is 5.73 Å². The largest absolute Gasteiger partial charge is 0.354 e. The maximum absolute atomic E-state index is 10.8. The minimum atomic E-state index is -0.302. The minimum Gasteiger partial charge on any atom is -0.354 e. The van der Waals surface area contributed by atoms with E-state index < -0.39 is 0 Å². The fraction of sp³-hybridized carbons (Fsp3) is 0.857. The third-order valence-corrected chi connectivity index (χ3v) is 1.85. The van der Waals surface area contributed by atoms with Crippen LogP contribution in [-0.4, -0.2) is 18.5 Å². The lowest BCUT2D eigenvalue weighted by Crippen LogP contribution is -2.52. The molecule has 1 heterocycles. The molecule has 58 valence electrons. The molecule has 1 aliphatic heterocycles. The van der Waals surface area contributed by atoms with Crippen LogP contribution in [0.2, 0.25) is 0 Å². The molecule has 1 aliphatic rings. The van der Waals surface area contributed by atoms with E-state index in [1.807, 2.05) is 0 Å². The Balaban J connectivity index is 2.57. The van der Waals surface area contributed by atoms with Crippen LogP contribution < -0.4 is 11.1 Å². The van der Waals surface area contributed by atoms with Gasteiger partial charge in [-0.15, -0.1) is 0 Å². The lowest BCUT2D eigenvalue weighted by Gasteiger charge is -2.33. The molecule has 3 nitrogen and oxygen atoms in total. The summed E-state index contributed by atoms with van der Waals surface area (Å²) in [6, 6.07) is -0.302. The highest BCUT2D eigenvalue weighted by molar-refractivity contribution is 5.82. The van der Waals surface area contributed by atoms with E-state index in [-0.39, 0.29) is 17.4 Å². The number of rotatable bonds is 0. The summed E-state index contributed by atoms with van der Waals surface area (Å²) in [5.41, 5.74) is 5.72. The van der Waals surface area contributed by atoms with Crippen molar-refractivity contribution in [2.24, 2.45) is 11.1 Å². The fourth-order valence-electron chi connectivity index (χ4n) is 1.22. The van der Waals surface area contributed by atoms with Gasteiger partial charge in [-0.3, -0.25) is 4.79 Å². The van der Waals surface area contributed by atoms with Gasteiger partial charge >= 0.3 is 0 Å². The van der Waals surface area contributed by atoms with Crippen LogP contribution in [0.15, 0.2) is 0 Å². The van der Waals surface area contributed by atoms with E-state index in [1.165, 1.54) is 0 Å². The summed E-state index contributed by atoms with van der Waals surface area (Å²) in [6.45, 7) is 4.96. The highest BCUT2D eigenvalue weighted by atomic mass is 16.2. The molecular formula is C7H14N2O. The first-order valence-corrected chi connectivity index (χ1v) is 3.55. The van der Waals surface area contributed by atoms with Gasteiger partial charge in [-0.2, -0.15) is 0 Å². The highest BCUT2D eigenvalue weighted by Crippen LogP contribution is 2.23. The summed E-state index contributed by atoms with van der Waals surface area (Å²) in [5, 5.41) is 2.76. The zero-order valence-corrected chi connectivity index (χ0v) is 6.48. The van der Waals surface area contributed by atoms with Gasteiger partial charge in [-0.05, 0) is 11.8 Å². The molecule has 0 aromatic carbocycles. The van der Waals surface area contributed by atoms with E-state index in [2.05, 4.69) is 19.2 Å². The molecule has 0 radical (unpaired) electrons. The predicted molar refractivity (Wildman–Crippen MR) is 39.4 cm³/mol. The molecule has 1 saturated heterocycles. The molecule has 1 atom stereocenters. The fourth-order valence-corrected chi connectivity index (χ4v) is 1.22. The van der Waals surface area contributed by atoms with E-state index in [0.29, 0.717) is 0 Å². The van der Waals surface area contributed by atoms with Gasteiger partial charge in [-0.1, -0.05) is 13.8 Å². The number of nitrogens with one attached hydrogen (secondary N) is 1. The summed E-state index contributed by atoms with van der Waals surface area (Å²) in [5.74, 6) is -0.0145. The molecule has 0 aromatic heterocycles. The summed E-state index contributed by atoms with van der Waals surface area (Å²) in [4.78, 5) is 10.8. The zero-order valence-electron chi connectivity index (χ0n) is 6.48. The number of carbonyl (C=O) groups is 1. The van der Waals surface area contributed by atoms with Gasteiger partial charge in [0.2, 0.25) is 5.91 Å². The minimum absolute atomic E-state index is 0.0145. The average molecular weight is 142 g/mol. The second kappa shape index (κ2) is 2.23. The quantitative estimate of drug-likeness (QED) is 0.494. The lowest BCUT2D eigenvalue weighted by molar-refractivity contribution is -0.125. The lowest BCUT2D eigenvalue weighted by atomic mass is 9.83. The van der Waals surface area contributed by atoms with Crippen molar-refractivity contribution in [3.63, 3.8) is 0 Å². The smallest absolute Gasteiger partial charge is 0.236 e. The Bertz CT molecular complexity index is 154. The van der Waals surface area contributed by atoms with Gasteiger partial charge in [0, 0.05) is 6.54 Å². The Labute approximate surface area is 61.0 Å². The molecule has 1 unspecified atom stereocenters. The van der Waals surface area contributed by atoms with Crippen molar-refractivity contribution in [3.05, 3.63) is 0 Å². The first-order chi connectivity index (χ1) is 4.51. The first kappa shape index (κ1) is 7.54. The van der Waals surface area contributed by atoms with Crippen molar-refractivity contribution in [2.75, 3.05) is 6.54 Å². The summed E-state index contributed by atoms with van der Waals surface area (Å²) in [6.07, 6.45) is 0.791. The summed E-state index contributed by atoms with van der Waals surface area (Å²) < 4.78 is 0. The number of piperidine rings is 1. The third-order valence-electron chi connectivity index (χ3n) is 1.85. The maximum atomic E-state index is 10.8. The SMILES string of the molecule is CC1(C)CNC(=O)C(N)C1. The molecular weight excluding hydrogens is 128 g/mol. The van der Waals surface area contributed by atoms with Crippen molar-refractivity contribution >= 4 is 5.91 Å². The Hall–Kier alpha value is -0.570. The van der Waals surface area contributed by atoms with Crippen molar-refractivity contribution in [1.29, 1.82) is 0 Å². The van der Waals surface area contributed by atoms with E-state index in [1.54, 1.807) is 0 Å². The predicted octanol–water partition coefficient (Wildman–Crippen LogP) is -0.140. The molecule has 0 aliphatic carbocycles. The Kier molecular flexibility index (Phi) is 1.68. The maximum Gasteiger partial charge on any atom is 0.236 e. The average Bonchev–Trinajstić information content (AvgIpc) is 1.79. The normalized spacial score (nSPS) is 31.5. The molecule has 1 rings (SSSR count). The Morgan fingerprint density at radius 1 is 1.70 bits per heavy atom. The topological polar surface area (TPSA) is 55.1 Å². The van der Waals surface area contributed by atoms with Crippen LogP contribution in [0.3, 0.4) is 0 Å². The van der Waals surface area contributed by atoms with Crippen LogP contribution in [0, 0.1) is 5.41 Å². The van der Waals surface area contributed by atoms with E-state index in [0.717, 1.165) is 13.0 Å². The van der Waals surface area contributed by atoms with Gasteiger partial charge in [0.05, 0.1) is 6.04 Å². The Morgan fingerprint density at radius 3 is 2.70 bits per heavy atom. The second-order valence-corrected chi connectivity index (χ2v) is 3.69. The van der Waals surface area contributed by atoms with Gasteiger partial charge < -0.3 is 11.1 Å². The van der Waals surface area contributed by atoms with Gasteiger partial charge in [0.25, 0.3) is 0 Å². The van der Waals surface area contributed by atoms with E-state index >= 15 is 0 Å². The summed E-state index contributed by atoms with van der Waals surface area (Å²) >= 11 is 0. The van der Waals surface area contributed by atoms with Crippen molar-refractivity contribution in [1.82, 2.24) is 5.32 Å². The number of hydrogen-bond donors (Lipinski definition) is 2. The standard InChI is InChI=1S/C7H14N2O/c1-7(2)3-5(8)6(10)9-4-7/h5H,3-4,8H2,1-2H3,(H,9,10). The third kappa shape index (κ3) is 1.48. The molecule has 10 heavy (non-hydrogen) atoms. The number of amides is 1. The molecule has 3 heteroatoms. The molecule has 0 saturated carbocycles. The molecule has 1 amide bonds. The number of hydrogen-bond acceptors (Lipinski definition) is 2. The molecule has 3 N–H and O–H groups in total. The van der Waals surface area contributed by atoms with Crippen LogP contribution in [0.25, 0.3) is 0 Å². The van der Waals surface area contributed by atoms with Crippen molar-refractivity contribution < 1.29 is 4.79 Å². The number of carbonyl (C=O) groups excluding carboxylic acids is 1. The van der Waals surface area contributed by atoms with Crippen molar-refractivity contribution in [2.45, 2.75) is 26.3 Å². The van der Waals surface area contributed by atoms with Crippen LogP contribution in [-0.2, 0) is 4.79 Å². The second-order valence-electron chi connectivity index (χ2n) is 3.69. The summed E-state index contributed by atoms with van der Waals surface area (Å²) in [7, 11) is 0. The highest BCUT2D eigenvalue weighted by Gasteiger charge is 2.30. The number of nitrogens with two attached hydrogens (primary N) is 1. The molecule has 0 spiro atoms. The van der Waals surface area contributed by atoms with Crippen LogP contribution in [0.1, 0.15) is 20.3 Å². The van der Waals surface area contributed by atoms with Crippen molar-refractivity contribution in [3.8, 4) is 0 Å². The van der Waals surface area contributed by atoms with Gasteiger partial charge in [0.1, 0.15) is 0 Å². The first-order valence-electron chi connectivity index (χ1n) is 3.55.